The number of hydrogen-bond acceptors (Lipinski definition) is 3. The van der Waals surface area contributed by atoms with Crippen molar-refractivity contribution in [1.29, 1.82) is 0 Å². The number of benzene rings is 2. The number of carbonyl (C=O) groups is 1. The second kappa shape index (κ2) is 9.99. The number of Topliss-reactive ketones (excluding diaryl/α,β-unsaturated/α-hetero) is 1. The highest BCUT2D eigenvalue weighted by Gasteiger charge is 2.32. The van der Waals surface area contributed by atoms with Crippen molar-refractivity contribution in [2.45, 2.75) is 58.3 Å². The Kier molecular flexibility index (Phi) is 6.89. The van der Waals surface area contributed by atoms with Crippen LogP contribution < -0.4 is 0 Å². The first-order valence-electron chi connectivity index (χ1n) is 11.7. The third-order valence-corrected chi connectivity index (χ3v) is 6.46. The predicted octanol–water partition coefficient (Wildman–Crippen LogP) is 6.61. The molecule has 0 radical (unpaired) electrons. The van der Waals surface area contributed by atoms with E-state index in [1.54, 1.807) is 0 Å². The lowest BCUT2D eigenvalue weighted by molar-refractivity contribution is -0.116. The molecular weight excluding hydrogens is 396 g/mol. The largest absolute Gasteiger partial charge is 0.511 e. The number of aliphatic imine (C=N–C) groups is 1. The zero-order valence-corrected chi connectivity index (χ0v) is 19.0. The van der Waals surface area contributed by atoms with Gasteiger partial charge < -0.3 is 10.1 Å². The maximum absolute atomic E-state index is 13.1. The van der Waals surface area contributed by atoms with Gasteiger partial charge in [-0.1, -0.05) is 61.9 Å². The highest BCUT2D eigenvalue weighted by molar-refractivity contribution is 6.24. The molecule has 3 aromatic rings. The molecule has 1 aliphatic rings. The first kappa shape index (κ1) is 22.1. The van der Waals surface area contributed by atoms with E-state index >= 15 is 0 Å². The van der Waals surface area contributed by atoms with Crippen molar-refractivity contribution < 1.29 is 9.90 Å². The second-order valence-electron chi connectivity index (χ2n) is 8.72. The van der Waals surface area contributed by atoms with E-state index in [1.807, 2.05) is 24.3 Å². The normalized spacial score (nSPS) is 19.6. The zero-order valence-electron chi connectivity index (χ0n) is 19.0. The van der Waals surface area contributed by atoms with Crippen LogP contribution in [0.1, 0.15) is 61.8 Å². The van der Waals surface area contributed by atoms with Crippen molar-refractivity contribution in [3.8, 4) is 0 Å². The Labute approximate surface area is 190 Å². The molecule has 2 N–H and O–H groups in total. The number of aromatic nitrogens is 1. The summed E-state index contributed by atoms with van der Waals surface area (Å²) < 4.78 is 0. The SMILES string of the molecule is CCCC/C(O)=C1\C(=O)CC(c2ccccc2)CC1=NCCc1c(C)[nH]c2ccccc12. The van der Waals surface area contributed by atoms with Gasteiger partial charge in [0.25, 0.3) is 0 Å². The van der Waals surface area contributed by atoms with Gasteiger partial charge in [0.15, 0.2) is 5.78 Å². The van der Waals surface area contributed by atoms with Crippen molar-refractivity contribution in [2.75, 3.05) is 6.54 Å². The number of H-pyrrole nitrogens is 1. The van der Waals surface area contributed by atoms with Crippen molar-refractivity contribution in [2.24, 2.45) is 4.99 Å². The van der Waals surface area contributed by atoms with Gasteiger partial charge in [0.1, 0.15) is 5.76 Å². The van der Waals surface area contributed by atoms with Crippen LogP contribution in [0, 0.1) is 6.92 Å². The minimum absolute atomic E-state index is 0.0146. The lowest BCUT2D eigenvalue weighted by Gasteiger charge is -2.26. The molecule has 0 spiro atoms. The summed E-state index contributed by atoms with van der Waals surface area (Å²) >= 11 is 0. The van der Waals surface area contributed by atoms with E-state index in [9.17, 15) is 9.90 Å². The quantitative estimate of drug-likeness (QED) is 0.328. The average Bonchev–Trinajstić information content (AvgIpc) is 3.13. The van der Waals surface area contributed by atoms with E-state index in [4.69, 9.17) is 4.99 Å². The Morgan fingerprint density at radius 1 is 1.09 bits per heavy atom. The maximum atomic E-state index is 13.1. The maximum Gasteiger partial charge on any atom is 0.168 e. The molecule has 1 aromatic heterocycles. The third kappa shape index (κ3) is 4.69. The van der Waals surface area contributed by atoms with Crippen LogP contribution in [0.15, 0.2) is 70.9 Å². The lowest BCUT2D eigenvalue weighted by Crippen LogP contribution is -2.27. The van der Waals surface area contributed by atoms with Crippen molar-refractivity contribution in [1.82, 2.24) is 4.98 Å². The summed E-state index contributed by atoms with van der Waals surface area (Å²) in [6.45, 7) is 4.78. The summed E-state index contributed by atoms with van der Waals surface area (Å²) in [4.78, 5) is 21.5. The third-order valence-electron chi connectivity index (χ3n) is 6.46. The number of hydrogen-bond donors (Lipinski definition) is 2. The van der Waals surface area contributed by atoms with E-state index in [1.165, 1.54) is 10.9 Å². The van der Waals surface area contributed by atoms with E-state index in [0.29, 0.717) is 31.4 Å². The van der Waals surface area contributed by atoms with E-state index < -0.39 is 0 Å². The van der Waals surface area contributed by atoms with E-state index in [2.05, 4.69) is 49.2 Å². The molecule has 4 nitrogen and oxygen atoms in total. The number of allylic oxidation sites excluding steroid dienone is 2. The molecular formula is C28H32N2O2. The minimum atomic E-state index is 0.0146. The molecule has 4 heteroatoms. The number of nitrogens with one attached hydrogen (secondary N) is 1. The molecule has 0 amide bonds. The monoisotopic (exact) mass is 428 g/mol. The number of carbonyl (C=O) groups excluding carboxylic acids is 1. The molecule has 1 saturated carbocycles. The van der Waals surface area contributed by atoms with Gasteiger partial charge >= 0.3 is 0 Å². The summed E-state index contributed by atoms with van der Waals surface area (Å²) in [6, 6.07) is 18.5. The van der Waals surface area contributed by atoms with Crippen molar-refractivity contribution >= 4 is 22.4 Å². The van der Waals surface area contributed by atoms with Crippen LogP contribution in [0.2, 0.25) is 0 Å². The number of nitrogens with zero attached hydrogens (tertiary/aromatic N) is 1. The molecule has 1 heterocycles. The Bertz CT molecular complexity index is 1150. The minimum Gasteiger partial charge on any atom is -0.511 e. The van der Waals surface area contributed by atoms with Gasteiger partial charge in [-0.15, -0.1) is 0 Å². The fraction of sp³-hybridized carbons (Fsp3) is 0.357. The van der Waals surface area contributed by atoms with Crippen molar-refractivity contribution in [3.63, 3.8) is 0 Å². The molecule has 1 unspecified atom stereocenters. The lowest BCUT2D eigenvalue weighted by atomic mass is 9.78. The second-order valence-corrected chi connectivity index (χ2v) is 8.72. The molecule has 166 valence electrons. The number of aryl methyl sites for hydroxylation is 1. The van der Waals surface area contributed by atoms with Gasteiger partial charge in [-0.3, -0.25) is 9.79 Å². The van der Waals surface area contributed by atoms with Gasteiger partial charge in [-0.05, 0) is 49.3 Å². The number of para-hydroxylation sites is 1. The molecule has 32 heavy (non-hydrogen) atoms. The molecule has 0 bridgehead atoms. The average molecular weight is 429 g/mol. The van der Waals surface area contributed by atoms with Crippen LogP contribution in [0.25, 0.3) is 10.9 Å². The smallest absolute Gasteiger partial charge is 0.168 e. The zero-order chi connectivity index (χ0) is 22.5. The Morgan fingerprint density at radius 3 is 2.62 bits per heavy atom. The molecule has 1 fully saturated rings. The summed E-state index contributed by atoms with van der Waals surface area (Å²) in [5, 5.41) is 12.0. The molecule has 1 atom stereocenters. The molecule has 2 aromatic carbocycles. The van der Waals surface area contributed by atoms with Crippen LogP contribution in [-0.2, 0) is 11.2 Å². The van der Waals surface area contributed by atoms with Gasteiger partial charge in [0, 0.05) is 41.7 Å². The number of aliphatic hydroxyl groups is 1. The first-order valence-corrected chi connectivity index (χ1v) is 11.7. The fourth-order valence-electron chi connectivity index (χ4n) is 4.76. The van der Waals surface area contributed by atoms with Gasteiger partial charge in [-0.25, -0.2) is 0 Å². The summed E-state index contributed by atoms with van der Waals surface area (Å²) in [7, 11) is 0. The highest BCUT2D eigenvalue weighted by Crippen LogP contribution is 2.34. The van der Waals surface area contributed by atoms with Crippen LogP contribution in [-0.4, -0.2) is 28.1 Å². The summed E-state index contributed by atoms with van der Waals surface area (Å²) in [6.07, 6.45) is 4.29. The van der Waals surface area contributed by atoms with Gasteiger partial charge in [0.05, 0.1) is 5.57 Å². The molecule has 1 aliphatic carbocycles. The molecule has 0 aliphatic heterocycles. The molecule has 4 rings (SSSR count). The van der Waals surface area contributed by atoms with Gasteiger partial charge in [-0.2, -0.15) is 0 Å². The van der Waals surface area contributed by atoms with Crippen LogP contribution in [0.4, 0.5) is 0 Å². The summed E-state index contributed by atoms with van der Waals surface area (Å²) in [5.74, 6) is 0.339. The highest BCUT2D eigenvalue weighted by atomic mass is 16.3. The Hall–Kier alpha value is -3.14. The van der Waals surface area contributed by atoms with E-state index in [0.717, 1.165) is 41.7 Å². The number of fused-ring (bicyclic) bond motifs is 1. The summed E-state index contributed by atoms with van der Waals surface area (Å²) in [5.41, 5.74) is 5.97. The molecule has 0 saturated heterocycles. The number of ketones is 1. The standard InChI is InChI=1S/C28H32N2O2/c1-3-4-14-26(31)28-25(17-21(18-27(28)32)20-10-6-5-7-11-20)29-16-15-22-19(2)30-24-13-9-8-12-23(22)24/h5-13,21,30-31H,3-4,14-18H2,1-2H3/b28-26+,29-25?. The topological polar surface area (TPSA) is 65.4 Å². The predicted molar refractivity (Wildman–Crippen MR) is 132 cm³/mol. The van der Waals surface area contributed by atoms with Gasteiger partial charge in [0.2, 0.25) is 0 Å². The number of unbranched alkanes of at least 4 members (excludes halogenated alkanes) is 1. The van der Waals surface area contributed by atoms with Crippen LogP contribution in [0.3, 0.4) is 0 Å². The number of aromatic amines is 1. The fourth-order valence-corrected chi connectivity index (χ4v) is 4.76. The number of rotatable bonds is 7. The number of aliphatic hydroxyl groups excluding tert-OH is 1. The Morgan fingerprint density at radius 2 is 1.84 bits per heavy atom. The van der Waals surface area contributed by atoms with Crippen LogP contribution in [0.5, 0.6) is 0 Å². The van der Waals surface area contributed by atoms with Crippen molar-refractivity contribution in [3.05, 3.63) is 82.8 Å². The Balaban J connectivity index is 1.61. The van der Waals surface area contributed by atoms with Crippen LogP contribution >= 0.6 is 0 Å². The first-order chi connectivity index (χ1) is 15.6. The van der Waals surface area contributed by atoms with E-state index in [-0.39, 0.29) is 17.5 Å².